The fourth-order valence-corrected chi connectivity index (χ4v) is 3.44. The van der Waals surface area contributed by atoms with Crippen LogP contribution in [-0.2, 0) is 14.3 Å². The van der Waals surface area contributed by atoms with Gasteiger partial charge in [0.15, 0.2) is 5.92 Å². The Morgan fingerprint density at radius 2 is 1.45 bits per heavy atom. The second-order valence-electron chi connectivity index (χ2n) is 7.21. The van der Waals surface area contributed by atoms with E-state index in [0.717, 1.165) is 16.0 Å². The highest BCUT2D eigenvalue weighted by molar-refractivity contribution is 6.29. The number of rotatable bonds is 5. The fraction of sp³-hybridized carbons (Fsp3) is 0.318. The molecule has 1 heterocycles. The number of nitrogens with zero attached hydrogens (tertiary/aromatic N) is 2. The summed E-state index contributed by atoms with van der Waals surface area (Å²) in [5, 5.41) is 0. The normalized spacial score (nSPS) is 17.8. The van der Waals surface area contributed by atoms with Gasteiger partial charge in [-0.3, -0.25) is 14.5 Å². The summed E-state index contributed by atoms with van der Waals surface area (Å²) in [5.74, 6) is -5.59. The number of anilines is 2. The van der Waals surface area contributed by atoms with Gasteiger partial charge in [0, 0.05) is 5.69 Å². The fourth-order valence-electron chi connectivity index (χ4n) is 3.44. The molecule has 0 spiro atoms. The van der Waals surface area contributed by atoms with Gasteiger partial charge in [-0.05, 0) is 45.0 Å². The van der Waals surface area contributed by atoms with Crippen LogP contribution in [0.5, 0.6) is 0 Å². The minimum Gasteiger partial charge on any atom is -0.465 e. The summed E-state index contributed by atoms with van der Waals surface area (Å²) >= 11 is 0. The molecule has 3 rings (SSSR count). The van der Waals surface area contributed by atoms with Gasteiger partial charge in [0.05, 0.1) is 12.3 Å². The van der Waals surface area contributed by atoms with Crippen molar-refractivity contribution in [2.45, 2.75) is 33.0 Å². The molecule has 1 saturated heterocycles. The maximum Gasteiger partial charge on any atom is 0.404 e. The van der Waals surface area contributed by atoms with Crippen LogP contribution in [0.4, 0.5) is 29.3 Å². The number of urea groups is 1. The summed E-state index contributed by atoms with van der Waals surface area (Å²) in [5.41, 5.74) is 1.84. The van der Waals surface area contributed by atoms with Crippen LogP contribution in [0.3, 0.4) is 0 Å². The third-order valence-electron chi connectivity index (χ3n) is 4.96. The molecule has 9 heteroatoms. The minimum absolute atomic E-state index is 0.0714. The Hall–Kier alpha value is -3.36. The Morgan fingerprint density at radius 3 is 1.90 bits per heavy atom. The molecular formula is C22H21F3N2O4. The monoisotopic (exact) mass is 434 g/mol. The number of ether oxygens (including phenoxy) is 1. The molecule has 0 aromatic heterocycles. The zero-order valence-corrected chi connectivity index (χ0v) is 17.1. The van der Waals surface area contributed by atoms with E-state index in [1.807, 2.05) is 0 Å². The van der Waals surface area contributed by atoms with Gasteiger partial charge < -0.3 is 4.74 Å². The topological polar surface area (TPSA) is 66.9 Å². The number of benzene rings is 2. The Morgan fingerprint density at radius 1 is 0.968 bits per heavy atom. The third kappa shape index (κ3) is 4.26. The van der Waals surface area contributed by atoms with Crippen LogP contribution < -0.4 is 9.80 Å². The number of alkyl halides is 3. The lowest BCUT2D eigenvalue weighted by atomic mass is 9.97. The molecular weight excluding hydrogens is 413 g/mol. The van der Waals surface area contributed by atoms with Crippen molar-refractivity contribution < 1.29 is 32.3 Å². The highest BCUT2D eigenvalue weighted by Crippen LogP contribution is 2.40. The average Bonchev–Trinajstić information content (AvgIpc) is 2.93. The molecule has 1 aliphatic heterocycles. The minimum atomic E-state index is -5.11. The third-order valence-corrected chi connectivity index (χ3v) is 4.96. The molecule has 0 saturated carbocycles. The van der Waals surface area contributed by atoms with Crippen LogP contribution in [0.2, 0.25) is 0 Å². The van der Waals surface area contributed by atoms with Gasteiger partial charge in [-0.1, -0.05) is 35.4 Å². The summed E-state index contributed by atoms with van der Waals surface area (Å²) in [6, 6.07) is 9.17. The van der Waals surface area contributed by atoms with E-state index >= 15 is 0 Å². The number of hydrogen-bond donors (Lipinski definition) is 0. The summed E-state index contributed by atoms with van der Waals surface area (Å²) in [7, 11) is 0. The summed E-state index contributed by atoms with van der Waals surface area (Å²) in [4.78, 5) is 40.1. The van der Waals surface area contributed by atoms with Crippen molar-refractivity contribution in [1.82, 2.24) is 0 Å². The molecule has 0 N–H and O–H groups in total. The quantitative estimate of drug-likeness (QED) is 0.517. The van der Waals surface area contributed by atoms with Gasteiger partial charge in [0.2, 0.25) is 0 Å². The van der Waals surface area contributed by atoms with Crippen LogP contribution >= 0.6 is 0 Å². The van der Waals surface area contributed by atoms with Crippen LogP contribution in [0.15, 0.2) is 48.5 Å². The zero-order valence-electron chi connectivity index (χ0n) is 17.1. The second kappa shape index (κ2) is 8.41. The van der Waals surface area contributed by atoms with Crippen LogP contribution in [0.25, 0.3) is 0 Å². The van der Waals surface area contributed by atoms with Crippen LogP contribution in [0, 0.1) is 19.8 Å². The van der Waals surface area contributed by atoms with E-state index in [1.165, 1.54) is 31.2 Å². The Kier molecular flexibility index (Phi) is 6.06. The highest BCUT2D eigenvalue weighted by Gasteiger charge is 2.61. The molecule has 2 atom stereocenters. The summed E-state index contributed by atoms with van der Waals surface area (Å²) in [6.07, 6.45) is -5.11. The van der Waals surface area contributed by atoms with E-state index in [9.17, 15) is 27.6 Å². The van der Waals surface area contributed by atoms with Gasteiger partial charge >= 0.3 is 18.2 Å². The van der Waals surface area contributed by atoms with Crippen molar-refractivity contribution in [2.75, 3.05) is 16.4 Å². The summed E-state index contributed by atoms with van der Waals surface area (Å²) < 4.78 is 46.5. The number of aryl methyl sites for hydroxylation is 2. The predicted octanol–water partition coefficient (Wildman–Crippen LogP) is 4.39. The van der Waals surface area contributed by atoms with Crippen molar-refractivity contribution in [1.29, 1.82) is 0 Å². The van der Waals surface area contributed by atoms with E-state index in [2.05, 4.69) is 4.74 Å². The van der Waals surface area contributed by atoms with Crippen molar-refractivity contribution in [3.63, 3.8) is 0 Å². The molecule has 2 aromatic carbocycles. The Labute approximate surface area is 177 Å². The number of esters is 1. The molecule has 3 amide bonds. The molecule has 1 fully saturated rings. The molecule has 1 aliphatic rings. The first-order valence-corrected chi connectivity index (χ1v) is 9.60. The smallest absolute Gasteiger partial charge is 0.404 e. The van der Waals surface area contributed by atoms with Gasteiger partial charge in [0.25, 0.3) is 5.91 Å². The van der Waals surface area contributed by atoms with Crippen molar-refractivity contribution in [3.05, 3.63) is 59.7 Å². The standard InChI is InChI=1S/C22H21F3N2O4/c1-4-31-20(29)17(22(23,24)25)18-19(28)27(16-11-7-14(3)8-12-16)21(30)26(18)15-9-5-13(2)6-10-15/h5-12,17-18H,4H2,1-3H3. The van der Waals surface area contributed by atoms with Gasteiger partial charge in [-0.2, -0.15) is 13.2 Å². The number of amides is 3. The number of imide groups is 1. The molecule has 2 aromatic rings. The number of halogens is 3. The largest absolute Gasteiger partial charge is 0.465 e. The molecule has 2 unspecified atom stereocenters. The van der Waals surface area contributed by atoms with Crippen molar-refractivity contribution in [2.24, 2.45) is 5.92 Å². The zero-order chi connectivity index (χ0) is 22.9. The first-order chi connectivity index (χ1) is 14.6. The van der Waals surface area contributed by atoms with Crippen LogP contribution in [0.1, 0.15) is 18.1 Å². The van der Waals surface area contributed by atoms with E-state index in [0.29, 0.717) is 4.90 Å². The van der Waals surface area contributed by atoms with Crippen molar-refractivity contribution in [3.8, 4) is 0 Å². The lowest BCUT2D eigenvalue weighted by Crippen LogP contribution is -2.51. The predicted molar refractivity (Wildman–Crippen MR) is 108 cm³/mol. The van der Waals surface area contributed by atoms with Gasteiger partial charge in [-0.15, -0.1) is 0 Å². The average molecular weight is 434 g/mol. The maximum absolute atomic E-state index is 14.0. The van der Waals surface area contributed by atoms with E-state index in [4.69, 9.17) is 0 Å². The Balaban J connectivity index is 2.17. The molecule has 31 heavy (non-hydrogen) atoms. The lowest BCUT2D eigenvalue weighted by Gasteiger charge is -2.28. The first kappa shape index (κ1) is 22.3. The Bertz CT molecular complexity index is 987. The molecule has 164 valence electrons. The van der Waals surface area contributed by atoms with E-state index in [-0.39, 0.29) is 18.0 Å². The lowest BCUT2D eigenvalue weighted by molar-refractivity contribution is -0.201. The molecule has 0 aliphatic carbocycles. The highest BCUT2D eigenvalue weighted by atomic mass is 19.4. The summed E-state index contributed by atoms with van der Waals surface area (Å²) in [6.45, 7) is 4.63. The number of carbonyl (C=O) groups excluding carboxylic acids is 3. The second-order valence-corrected chi connectivity index (χ2v) is 7.21. The molecule has 0 radical (unpaired) electrons. The number of hydrogen-bond acceptors (Lipinski definition) is 4. The van der Waals surface area contributed by atoms with Crippen LogP contribution in [-0.4, -0.2) is 36.7 Å². The van der Waals surface area contributed by atoms with E-state index in [1.54, 1.807) is 38.1 Å². The number of carbonyl (C=O) groups is 3. The van der Waals surface area contributed by atoms with E-state index < -0.39 is 36.0 Å². The van der Waals surface area contributed by atoms with Crippen molar-refractivity contribution >= 4 is 29.3 Å². The maximum atomic E-state index is 14.0. The van der Waals surface area contributed by atoms with Gasteiger partial charge in [0.1, 0.15) is 6.04 Å². The first-order valence-electron chi connectivity index (χ1n) is 9.60. The van der Waals surface area contributed by atoms with Gasteiger partial charge in [-0.25, -0.2) is 9.69 Å². The SMILES string of the molecule is CCOC(=O)C(C1C(=O)N(c2ccc(C)cc2)C(=O)N1c1ccc(C)cc1)C(F)(F)F. The molecule has 0 bridgehead atoms. The molecule has 6 nitrogen and oxygen atoms in total.